The van der Waals surface area contributed by atoms with Crippen LogP contribution in [0, 0.1) is 5.92 Å². The lowest BCUT2D eigenvalue weighted by Gasteiger charge is -2.28. The minimum Gasteiger partial charge on any atom is -0.508 e. The lowest BCUT2D eigenvalue weighted by Crippen LogP contribution is -2.32. The maximum Gasteiger partial charge on any atom is 0.308 e. The summed E-state index contributed by atoms with van der Waals surface area (Å²) in [6, 6.07) is 4.45. The van der Waals surface area contributed by atoms with Gasteiger partial charge < -0.3 is 15.9 Å². The first-order valence-corrected chi connectivity index (χ1v) is 4.90. The summed E-state index contributed by atoms with van der Waals surface area (Å²) in [5.41, 5.74) is 7.68. The molecule has 15 heavy (non-hydrogen) atoms. The lowest BCUT2D eigenvalue weighted by molar-refractivity contribution is -0.143. The number of carbonyl (C=O) groups is 1. The molecule has 0 amide bonds. The molecule has 2 unspecified atom stereocenters. The summed E-state index contributed by atoms with van der Waals surface area (Å²) in [5.74, 6) is -1.15. The van der Waals surface area contributed by atoms with Gasteiger partial charge in [-0.1, -0.05) is 6.07 Å². The number of phenolic OH excluding ortho intramolecular Hbond substituents is 1. The highest BCUT2D eigenvalue weighted by Gasteiger charge is 2.31. The predicted octanol–water partition coefficient (Wildman–Crippen LogP) is 1.04. The number of hydrogen-bond donors (Lipinski definition) is 3. The number of carboxylic acids is 1. The summed E-state index contributed by atoms with van der Waals surface area (Å²) >= 11 is 0. The second kappa shape index (κ2) is 3.55. The molecule has 1 aliphatic carbocycles. The molecule has 1 aromatic rings. The van der Waals surface area contributed by atoms with Gasteiger partial charge in [0.05, 0.1) is 5.92 Å². The summed E-state index contributed by atoms with van der Waals surface area (Å²) in [7, 11) is 0. The van der Waals surface area contributed by atoms with Crippen LogP contribution in [0.15, 0.2) is 18.2 Å². The summed E-state index contributed by atoms with van der Waals surface area (Å²) < 4.78 is 0. The van der Waals surface area contributed by atoms with E-state index in [1.54, 1.807) is 18.2 Å². The van der Waals surface area contributed by atoms with Gasteiger partial charge in [-0.3, -0.25) is 4.79 Å². The van der Waals surface area contributed by atoms with Crippen LogP contribution in [0.4, 0.5) is 0 Å². The minimum absolute atomic E-state index is 0.203. The molecule has 0 saturated heterocycles. The van der Waals surface area contributed by atoms with Crippen LogP contribution in [0.2, 0.25) is 0 Å². The monoisotopic (exact) mass is 207 g/mol. The summed E-state index contributed by atoms with van der Waals surface area (Å²) in [4.78, 5) is 10.9. The van der Waals surface area contributed by atoms with E-state index in [2.05, 4.69) is 0 Å². The van der Waals surface area contributed by atoms with Crippen molar-refractivity contribution in [2.75, 3.05) is 0 Å². The van der Waals surface area contributed by atoms with Gasteiger partial charge in [0.2, 0.25) is 0 Å². The first-order chi connectivity index (χ1) is 7.09. The number of rotatable bonds is 1. The van der Waals surface area contributed by atoms with Crippen molar-refractivity contribution in [2.45, 2.75) is 18.9 Å². The molecule has 80 valence electrons. The molecule has 1 aromatic carbocycles. The largest absolute Gasteiger partial charge is 0.508 e. The normalized spacial score (nSPS) is 24.6. The number of benzene rings is 1. The van der Waals surface area contributed by atoms with Gasteiger partial charge in [-0.05, 0) is 36.1 Å². The second-order valence-corrected chi connectivity index (χ2v) is 3.89. The van der Waals surface area contributed by atoms with Crippen molar-refractivity contribution in [1.82, 2.24) is 0 Å². The predicted molar refractivity (Wildman–Crippen MR) is 54.5 cm³/mol. The van der Waals surface area contributed by atoms with Gasteiger partial charge in [0, 0.05) is 6.04 Å². The number of aryl methyl sites for hydroxylation is 1. The van der Waals surface area contributed by atoms with Crippen LogP contribution in [-0.2, 0) is 11.2 Å². The Hall–Kier alpha value is -1.55. The van der Waals surface area contributed by atoms with E-state index in [0.29, 0.717) is 12.8 Å². The number of aromatic hydroxyl groups is 1. The third kappa shape index (κ3) is 1.68. The molecule has 0 fully saturated rings. The van der Waals surface area contributed by atoms with Gasteiger partial charge in [-0.25, -0.2) is 0 Å². The topological polar surface area (TPSA) is 83.5 Å². The Bertz CT molecular complexity index is 403. The molecule has 0 spiro atoms. The minimum atomic E-state index is -0.846. The highest BCUT2D eigenvalue weighted by Crippen LogP contribution is 2.34. The number of hydrogen-bond acceptors (Lipinski definition) is 3. The SMILES string of the molecule is NC1c2ccc(O)cc2CCC1C(=O)O. The van der Waals surface area contributed by atoms with Crippen molar-refractivity contribution in [2.24, 2.45) is 11.7 Å². The molecule has 0 bridgehead atoms. The van der Waals surface area contributed by atoms with E-state index in [-0.39, 0.29) is 5.75 Å². The molecule has 0 aliphatic heterocycles. The van der Waals surface area contributed by atoms with E-state index in [0.717, 1.165) is 11.1 Å². The first-order valence-electron chi connectivity index (χ1n) is 4.90. The standard InChI is InChI=1S/C11H13NO3/c12-10-8-4-2-7(13)5-6(8)1-3-9(10)11(14)15/h2,4-5,9-10,13H,1,3,12H2,(H,14,15). The Kier molecular flexibility index (Phi) is 2.36. The zero-order valence-corrected chi connectivity index (χ0v) is 8.18. The van der Waals surface area contributed by atoms with E-state index in [9.17, 15) is 9.90 Å². The van der Waals surface area contributed by atoms with E-state index in [4.69, 9.17) is 10.8 Å². The molecule has 0 radical (unpaired) electrons. The Morgan fingerprint density at radius 3 is 2.87 bits per heavy atom. The number of carboxylic acid groups (broad SMARTS) is 1. The third-order valence-electron chi connectivity index (χ3n) is 2.96. The fourth-order valence-corrected chi connectivity index (χ4v) is 2.12. The van der Waals surface area contributed by atoms with Crippen LogP contribution in [0.25, 0.3) is 0 Å². The molecule has 0 aromatic heterocycles. The number of phenols is 1. The molecule has 0 heterocycles. The van der Waals surface area contributed by atoms with E-state index in [1.807, 2.05) is 0 Å². The van der Waals surface area contributed by atoms with Crippen molar-refractivity contribution < 1.29 is 15.0 Å². The van der Waals surface area contributed by atoms with Gasteiger partial charge in [0.1, 0.15) is 5.75 Å². The number of nitrogens with two attached hydrogens (primary N) is 1. The van der Waals surface area contributed by atoms with Crippen LogP contribution in [0.5, 0.6) is 5.75 Å². The van der Waals surface area contributed by atoms with Crippen molar-refractivity contribution in [3.63, 3.8) is 0 Å². The Labute approximate surface area is 87.3 Å². The highest BCUT2D eigenvalue weighted by atomic mass is 16.4. The van der Waals surface area contributed by atoms with Gasteiger partial charge in [-0.15, -0.1) is 0 Å². The zero-order valence-electron chi connectivity index (χ0n) is 8.18. The van der Waals surface area contributed by atoms with E-state index >= 15 is 0 Å². The number of fused-ring (bicyclic) bond motifs is 1. The summed E-state index contributed by atoms with van der Waals surface area (Å²) in [6.07, 6.45) is 1.20. The second-order valence-electron chi connectivity index (χ2n) is 3.89. The summed E-state index contributed by atoms with van der Waals surface area (Å²) in [5, 5.41) is 18.3. The van der Waals surface area contributed by atoms with Gasteiger partial charge in [0.25, 0.3) is 0 Å². The van der Waals surface area contributed by atoms with Crippen molar-refractivity contribution >= 4 is 5.97 Å². The molecule has 4 heteroatoms. The average Bonchev–Trinajstić information content (AvgIpc) is 2.17. The van der Waals surface area contributed by atoms with Crippen LogP contribution in [0.3, 0.4) is 0 Å². The van der Waals surface area contributed by atoms with Crippen molar-refractivity contribution in [3.8, 4) is 5.75 Å². The fraction of sp³-hybridized carbons (Fsp3) is 0.364. The van der Waals surface area contributed by atoms with Crippen LogP contribution in [-0.4, -0.2) is 16.2 Å². The maximum absolute atomic E-state index is 10.9. The molecular weight excluding hydrogens is 194 g/mol. The van der Waals surface area contributed by atoms with Crippen LogP contribution >= 0.6 is 0 Å². The van der Waals surface area contributed by atoms with Gasteiger partial charge in [0.15, 0.2) is 0 Å². The smallest absolute Gasteiger partial charge is 0.308 e. The first kappa shape index (κ1) is 9.98. The quantitative estimate of drug-likeness (QED) is 0.642. The third-order valence-corrected chi connectivity index (χ3v) is 2.96. The molecule has 2 rings (SSSR count). The Morgan fingerprint density at radius 1 is 1.47 bits per heavy atom. The molecule has 1 aliphatic rings. The van der Waals surface area contributed by atoms with E-state index < -0.39 is 17.9 Å². The lowest BCUT2D eigenvalue weighted by atomic mass is 9.80. The molecule has 2 atom stereocenters. The van der Waals surface area contributed by atoms with Gasteiger partial charge in [-0.2, -0.15) is 0 Å². The van der Waals surface area contributed by atoms with E-state index in [1.165, 1.54) is 0 Å². The average molecular weight is 207 g/mol. The van der Waals surface area contributed by atoms with Crippen LogP contribution < -0.4 is 5.73 Å². The zero-order chi connectivity index (χ0) is 11.0. The maximum atomic E-state index is 10.9. The van der Waals surface area contributed by atoms with Crippen molar-refractivity contribution in [3.05, 3.63) is 29.3 Å². The Morgan fingerprint density at radius 2 is 2.20 bits per heavy atom. The Balaban J connectivity index is 2.38. The van der Waals surface area contributed by atoms with Crippen LogP contribution in [0.1, 0.15) is 23.6 Å². The van der Waals surface area contributed by atoms with Crippen molar-refractivity contribution in [1.29, 1.82) is 0 Å². The number of aliphatic carboxylic acids is 1. The summed E-state index contributed by atoms with van der Waals surface area (Å²) in [6.45, 7) is 0. The molecule has 4 nitrogen and oxygen atoms in total. The fourth-order valence-electron chi connectivity index (χ4n) is 2.12. The molecular formula is C11H13NO3. The highest BCUT2D eigenvalue weighted by molar-refractivity contribution is 5.72. The van der Waals surface area contributed by atoms with Gasteiger partial charge >= 0.3 is 5.97 Å². The molecule has 4 N–H and O–H groups in total. The molecule has 0 saturated carbocycles.